The molecule has 81 heavy (non-hydrogen) atoms. The number of carbonyl (C=O) groups is 1. The van der Waals surface area contributed by atoms with Crippen molar-refractivity contribution in [2.75, 3.05) is 40.9 Å². The van der Waals surface area contributed by atoms with Crippen LogP contribution >= 0.6 is 7.82 Å². The highest BCUT2D eigenvalue weighted by Gasteiger charge is 2.28. The van der Waals surface area contributed by atoms with Crippen molar-refractivity contribution in [2.45, 2.75) is 276 Å². The summed E-state index contributed by atoms with van der Waals surface area (Å²) in [5, 5.41) is 14.1. The topological polar surface area (TPSA) is 105 Å². The lowest BCUT2D eigenvalue weighted by atomic mass is 10.0. The Hall–Kier alpha value is -3.36. The molecule has 0 rings (SSSR count). The molecular weight excluding hydrogens is 1020 g/mol. The molecular formula is C72H126N2O6P+. The van der Waals surface area contributed by atoms with Crippen molar-refractivity contribution in [3.63, 3.8) is 0 Å². The number of hydrogen-bond donors (Lipinski definition) is 3. The van der Waals surface area contributed by atoms with Gasteiger partial charge in [0.2, 0.25) is 5.91 Å². The van der Waals surface area contributed by atoms with E-state index in [1.807, 2.05) is 21.1 Å². The first-order chi connectivity index (χ1) is 39.5. The molecule has 0 aliphatic carbocycles. The van der Waals surface area contributed by atoms with Gasteiger partial charge in [0.25, 0.3) is 0 Å². The molecule has 0 aromatic heterocycles. The Morgan fingerprint density at radius 2 is 0.741 bits per heavy atom. The summed E-state index contributed by atoms with van der Waals surface area (Å²) in [6.45, 7) is 4.76. The van der Waals surface area contributed by atoms with Crippen molar-refractivity contribution >= 4 is 13.7 Å². The van der Waals surface area contributed by atoms with Crippen LogP contribution in [0, 0.1) is 0 Å². The third kappa shape index (κ3) is 64.1. The molecule has 0 aliphatic heterocycles. The van der Waals surface area contributed by atoms with Crippen molar-refractivity contribution < 1.29 is 32.9 Å². The van der Waals surface area contributed by atoms with Crippen molar-refractivity contribution in [1.29, 1.82) is 0 Å². The number of rotatable bonds is 59. The Bertz CT molecular complexity index is 1780. The number of nitrogens with zero attached hydrogens (tertiary/aromatic N) is 1. The number of nitrogens with one attached hydrogen (secondary N) is 1. The molecule has 0 aromatic rings. The number of unbranched alkanes of at least 4 members (excludes halogenated alkanes) is 24. The molecule has 0 saturated carbocycles. The molecule has 0 heterocycles. The molecule has 9 heteroatoms. The fourth-order valence-corrected chi connectivity index (χ4v) is 9.79. The highest BCUT2D eigenvalue weighted by Crippen LogP contribution is 2.43. The normalized spacial score (nSPS) is 14.6. The number of phosphoric acid groups is 1. The minimum Gasteiger partial charge on any atom is -0.391 e. The van der Waals surface area contributed by atoms with Crippen LogP contribution in [-0.4, -0.2) is 73.4 Å². The second-order valence-corrected chi connectivity index (χ2v) is 24.6. The zero-order valence-electron chi connectivity index (χ0n) is 53.0. The fraction of sp³-hybridized carbons (Fsp3) is 0.681. The molecule has 0 spiro atoms. The summed E-state index contributed by atoms with van der Waals surface area (Å²) >= 11 is 0. The number of aliphatic hydroxyl groups excluding tert-OH is 1. The first-order valence-electron chi connectivity index (χ1n) is 33.0. The predicted octanol–water partition coefficient (Wildman–Crippen LogP) is 21.0. The van der Waals surface area contributed by atoms with Gasteiger partial charge in [-0.2, -0.15) is 0 Å². The summed E-state index contributed by atoms with van der Waals surface area (Å²) in [6, 6.07) is -0.790. The summed E-state index contributed by atoms with van der Waals surface area (Å²) in [5.74, 6) is -0.179. The zero-order chi connectivity index (χ0) is 59.1. The van der Waals surface area contributed by atoms with Gasteiger partial charge < -0.3 is 19.8 Å². The molecule has 8 nitrogen and oxygen atoms in total. The quantitative estimate of drug-likeness (QED) is 0.0243. The monoisotopic (exact) mass is 1150 g/mol. The minimum atomic E-state index is -4.35. The SMILES string of the molecule is CC/C=C\C/C=C\C/C=C\C/C=C\C/C=C\C/C=C\C/C=C\C/C=C\C/C=C\C/C=C\C/C=C\CCCCCC(=O)NC(COP(=O)(O)OCC[N+](C)(C)C)C(O)CCCCCCCCCCCCCCCCCCCCCCCC. The van der Waals surface area contributed by atoms with E-state index in [4.69, 9.17) is 9.05 Å². The van der Waals surface area contributed by atoms with Crippen LogP contribution in [0.1, 0.15) is 264 Å². The van der Waals surface area contributed by atoms with Gasteiger partial charge in [0, 0.05) is 6.42 Å². The highest BCUT2D eigenvalue weighted by molar-refractivity contribution is 7.47. The number of carbonyl (C=O) groups excluding carboxylic acids is 1. The van der Waals surface area contributed by atoms with E-state index in [1.54, 1.807) is 0 Å². The number of phosphoric ester groups is 1. The third-order valence-electron chi connectivity index (χ3n) is 14.2. The van der Waals surface area contributed by atoms with E-state index in [0.29, 0.717) is 23.9 Å². The Morgan fingerprint density at radius 1 is 0.432 bits per heavy atom. The van der Waals surface area contributed by atoms with Crippen molar-refractivity contribution in [1.82, 2.24) is 5.32 Å². The fourth-order valence-electron chi connectivity index (χ4n) is 9.05. The van der Waals surface area contributed by atoms with Crippen molar-refractivity contribution in [3.8, 4) is 0 Å². The highest BCUT2D eigenvalue weighted by atomic mass is 31.2. The Kier molecular flexibility index (Phi) is 58.7. The van der Waals surface area contributed by atoms with Gasteiger partial charge in [-0.3, -0.25) is 13.8 Å². The zero-order valence-corrected chi connectivity index (χ0v) is 53.9. The molecule has 464 valence electrons. The third-order valence-corrected chi connectivity index (χ3v) is 15.1. The predicted molar refractivity (Wildman–Crippen MR) is 355 cm³/mol. The minimum absolute atomic E-state index is 0.0611. The Morgan fingerprint density at radius 3 is 1.07 bits per heavy atom. The standard InChI is InChI=1S/C72H125N2O6P/c1-6-8-10-12-14-16-18-20-22-24-26-28-30-31-32-33-34-35-36-37-38-39-40-41-42-43-44-46-48-50-52-54-56-58-60-62-64-66-72(76)73-70(69-80-81(77,78)79-68-67-74(3,4)5)71(75)65-63-61-59-57-55-53-51-49-47-45-29-27-25-23-21-19-17-15-13-11-9-7-2/h8,10,14,16,20,22,26,28,31-32,34-35,37-38,40-41,43-44,48,50,54,56,70-71,75H,6-7,9,11-13,15,17-19,21,23-25,27,29-30,33,36,39,42,45-47,49,51-53,55,57-69H2,1-5H3,(H-,73,76,77,78)/p+1/b10-8-,16-14-,22-20-,28-26-,32-31-,35-34-,38-37-,41-40-,44-43-,50-48-,56-54-. The van der Waals surface area contributed by atoms with Crippen molar-refractivity contribution in [3.05, 3.63) is 134 Å². The first kappa shape index (κ1) is 77.6. The van der Waals surface area contributed by atoms with Gasteiger partial charge in [-0.25, -0.2) is 4.57 Å². The van der Waals surface area contributed by atoms with Crippen molar-refractivity contribution in [2.24, 2.45) is 0 Å². The van der Waals surface area contributed by atoms with Gasteiger partial charge in [0.1, 0.15) is 13.2 Å². The molecule has 3 N–H and O–H groups in total. The lowest BCUT2D eigenvalue weighted by Crippen LogP contribution is -2.46. The lowest BCUT2D eigenvalue weighted by molar-refractivity contribution is -0.870. The summed E-state index contributed by atoms with van der Waals surface area (Å²) < 4.78 is 23.8. The van der Waals surface area contributed by atoms with Crippen LogP contribution in [0.2, 0.25) is 0 Å². The van der Waals surface area contributed by atoms with Gasteiger partial charge in [0.15, 0.2) is 0 Å². The van der Waals surface area contributed by atoms with Crippen LogP contribution < -0.4 is 5.32 Å². The van der Waals surface area contributed by atoms with Crippen LogP contribution in [0.5, 0.6) is 0 Å². The molecule has 1 amide bonds. The van der Waals surface area contributed by atoms with E-state index in [2.05, 4.69) is 153 Å². The smallest absolute Gasteiger partial charge is 0.391 e. The second kappa shape index (κ2) is 61.2. The Balaban J connectivity index is 4.22. The van der Waals surface area contributed by atoms with Crippen LogP contribution in [0.15, 0.2) is 134 Å². The Labute approximate surface area is 500 Å². The number of quaternary nitrogens is 1. The molecule has 0 aromatic carbocycles. The van der Waals surface area contributed by atoms with Crippen LogP contribution in [0.4, 0.5) is 0 Å². The van der Waals surface area contributed by atoms with E-state index in [-0.39, 0.29) is 19.1 Å². The molecule has 0 aliphatic rings. The van der Waals surface area contributed by atoms with Gasteiger partial charge in [-0.05, 0) is 96.3 Å². The van der Waals surface area contributed by atoms with E-state index < -0.39 is 20.0 Å². The number of likely N-dealkylation sites (N-methyl/N-ethyl adjacent to an activating group) is 1. The largest absolute Gasteiger partial charge is 0.472 e. The second-order valence-electron chi connectivity index (χ2n) is 23.1. The first-order valence-corrected chi connectivity index (χ1v) is 34.5. The van der Waals surface area contributed by atoms with Crippen LogP contribution in [-0.2, 0) is 18.4 Å². The molecule has 0 saturated heterocycles. The molecule has 0 fully saturated rings. The van der Waals surface area contributed by atoms with Gasteiger partial charge in [-0.1, -0.05) is 295 Å². The number of allylic oxidation sites excluding steroid dienone is 22. The molecule has 3 unspecified atom stereocenters. The maximum Gasteiger partial charge on any atom is 0.472 e. The van der Waals surface area contributed by atoms with Gasteiger partial charge >= 0.3 is 7.82 Å². The van der Waals surface area contributed by atoms with Gasteiger partial charge in [-0.15, -0.1) is 0 Å². The summed E-state index contributed by atoms with van der Waals surface area (Å²) in [4.78, 5) is 23.4. The maximum atomic E-state index is 13.0. The van der Waals surface area contributed by atoms with Gasteiger partial charge in [0.05, 0.1) is 39.9 Å². The average Bonchev–Trinajstić information content (AvgIpc) is 3.43. The number of aliphatic hydroxyl groups is 1. The van der Waals surface area contributed by atoms with E-state index >= 15 is 0 Å². The van der Waals surface area contributed by atoms with E-state index in [0.717, 1.165) is 116 Å². The molecule has 3 atom stereocenters. The van der Waals surface area contributed by atoms with E-state index in [9.17, 15) is 19.4 Å². The molecule has 0 bridgehead atoms. The average molecular weight is 1150 g/mol. The summed E-state index contributed by atoms with van der Waals surface area (Å²) in [7, 11) is 1.58. The summed E-state index contributed by atoms with van der Waals surface area (Å²) in [5.41, 5.74) is 0. The lowest BCUT2D eigenvalue weighted by Gasteiger charge is -2.26. The van der Waals surface area contributed by atoms with Crippen LogP contribution in [0.3, 0.4) is 0 Å². The van der Waals surface area contributed by atoms with Crippen LogP contribution in [0.25, 0.3) is 0 Å². The number of amides is 1. The summed E-state index contributed by atoms with van der Waals surface area (Å²) in [6.07, 6.45) is 92.5. The molecule has 0 radical (unpaired) electrons. The van der Waals surface area contributed by atoms with E-state index in [1.165, 1.54) is 122 Å². The maximum absolute atomic E-state index is 13.0. The number of hydrogen-bond acceptors (Lipinski definition) is 5.